The number of aliphatic hydroxyl groups excluding tert-OH is 1. The van der Waals surface area contributed by atoms with E-state index in [0.29, 0.717) is 5.69 Å². The second kappa shape index (κ2) is 6.19. The summed E-state index contributed by atoms with van der Waals surface area (Å²) >= 11 is 0. The number of nitrogens with zero attached hydrogens (tertiary/aromatic N) is 1. The lowest BCUT2D eigenvalue weighted by Gasteiger charge is -1.99. The summed E-state index contributed by atoms with van der Waals surface area (Å²) in [5.41, 5.74) is -0.0411. The minimum atomic E-state index is -1.44. The fourth-order valence-electron chi connectivity index (χ4n) is 1.14. The normalized spacial score (nSPS) is 12.2. The number of aliphatic carboxylic acids is 2. The quantitative estimate of drug-likeness (QED) is 0.418. The molecule has 0 atom stereocenters. The number of para-hydroxylation sites is 1. The molecule has 0 spiro atoms. The Hall–Kier alpha value is -2.63. The average molecular weight is 249 g/mol. The molecule has 0 unspecified atom stereocenters. The molecule has 94 valence electrons. The lowest BCUT2D eigenvalue weighted by atomic mass is 10.2. The van der Waals surface area contributed by atoms with E-state index in [9.17, 15) is 14.7 Å². The molecule has 1 aromatic rings. The Bertz CT molecular complexity index is 504. The van der Waals surface area contributed by atoms with Gasteiger partial charge in [0.1, 0.15) is 17.8 Å². The lowest BCUT2D eigenvalue weighted by Crippen LogP contribution is -2.09. The van der Waals surface area contributed by atoms with E-state index in [1.54, 1.807) is 30.3 Å². The highest BCUT2D eigenvalue weighted by molar-refractivity contribution is 6.09. The number of carboxylic acid groups (broad SMARTS) is 2. The fourth-order valence-corrected chi connectivity index (χ4v) is 1.14. The van der Waals surface area contributed by atoms with Gasteiger partial charge in [-0.2, -0.15) is 0 Å². The Morgan fingerprint density at radius 3 is 2.22 bits per heavy atom. The molecule has 18 heavy (non-hydrogen) atoms. The zero-order valence-electron chi connectivity index (χ0n) is 9.28. The van der Waals surface area contributed by atoms with E-state index in [2.05, 4.69) is 4.99 Å². The van der Waals surface area contributed by atoms with Crippen molar-refractivity contribution in [3.8, 4) is 0 Å². The SMILES string of the molecule is O=C(O)CC(O)=C(C=Nc1ccccc1)C(=O)O. The summed E-state index contributed by atoms with van der Waals surface area (Å²) in [7, 11) is 0. The van der Waals surface area contributed by atoms with Gasteiger partial charge >= 0.3 is 11.9 Å². The first-order chi connectivity index (χ1) is 8.50. The maximum Gasteiger partial charge on any atom is 0.340 e. The summed E-state index contributed by atoms with van der Waals surface area (Å²) in [5, 5.41) is 26.7. The predicted molar refractivity (Wildman–Crippen MR) is 64.1 cm³/mol. The van der Waals surface area contributed by atoms with E-state index in [1.165, 1.54) is 0 Å². The molecule has 0 radical (unpaired) electrons. The van der Waals surface area contributed by atoms with Crippen LogP contribution in [-0.2, 0) is 9.59 Å². The van der Waals surface area contributed by atoms with Gasteiger partial charge in [0.05, 0.1) is 5.69 Å². The van der Waals surface area contributed by atoms with Gasteiger partial charge in [0.15, 0.2) is 0 Å². The van der Waals surface area contributed by atoms with Crippen LogP contribution in [-0.4, -0.2) is 33.5 Å². The van der Waals surface area contributed by atoms with Crippen LogP contribution >= 0.6 is 0 Å². The smallest absolute Gasteiger partial charge is 0.340 e. The summed E-state index contributed by atoms with van der Waals surface area (Å²) in [6.07, 6.45) is 0.165. The Balaban J connectivity index is 2.98. The van der Waals surface area contributed by atoms with E-state index >= 15 is 0 Å². The first-order valence-corrected chi connectivity index (χ1v) is 4.97. The molecule has 3 N–H and O–H groups in total. The third kappa shape index (κ3) is 4.09. The van der Waals surface area contributed by atoms with Crippen LogP contribution in [0.25, 0.3) is 0 Å². The van der Waals surface area contributed by atoms with Crippen LogP contribution in [0.2, 0.25) is 0 Å². The number of hydrogen-bond acceptors (Lipinski definition) is 4. The minimum absolute atomic E-state index is 0.499. The molecular formula is C12H11NO5. The van der Waals surface area contributed by atoms with Gasteiger partial charge in [-0.25, -0.2) is 4.79 Å². The molecule has 0 amide bonds. The number of hydrogen-bond donors (Lipinski definition) is 3. The van der Waals surface area contributed by atoms with Gasteiger partial charge in [0.2, 0.25) is 0 Å². The maximum atomic E-state index is 10.8. The summed E-state index contributed by atoms with van der Waals surface area (Å²) in [6.45, 7) is 0. The number of benzene rings is 1. The van der Waals surface area contributed by atoms with Crippen molar-refractivity contribution >= 4 is 23.8 Å². The first-order valence-electron chi connectivity index (χ1n) is 4.97. The zero-order chi connectivity index (χ0) is 13.5. The molecule has 0 aliphatic carbocycles. The maximum absolute atomic E-state index is 10.8. The van der Waals surface area contributed by atoms with Crippen LogP contribution in [0.5, 0.6) is 0 Å². The molecule has 0 saturated carbocycles. The Morgan fingerprint density at radius 2 is 1.72 bits per heavy atom. The molecule has 0 heterocycles. The van der Waals surface area contributed by atoms with Gasteiger partial charge in [-0.3, -0.25) is 9.79 Å². The van der Waals surface area contributed by atoms with Crippen molar-refractivity contribution in [3.63, 3.8) is 0 Å². The molecular weight excluding hydrogens is 238 g/mol. The number of aliphatic hydroxyl groups is 1. The molecule has 6 heteroatoms. The van der Waals surface area contributed by atoms with E-state index in [-0.39, 0.29) is 0 Å². The number of carboxylic acids is 2. The molecule has 1 rings (SSSR count). The van der Waals surface area contributed by atoms with Gasteiger partial charge < -0.3 is 15.3 Å². The molecule has 0 fully saturated rings. The summed E-state index contributed by atoms with van der Waals surface area (Å²) < 4.78 is 0. The van der Waals surface area contributed by atoms with Crippen LogP contribution in [0.1, 0.15) is 6.42 Å². The Labute approximate surface area is 103 Å². The van der Waals surface area contributed by atoms with Crippen molar-refractivity contribution in [1.29, 1.82) is 0 Å². The standard InChI is InChI=1S/C12H11NO5/c14-10(6-11(15)16)9(12(17)18)7-13-8-4-2-1-3-5-8/h1-5,7,14H,6H2,(H,15,16)(H,17,18). The van der Waals surface area contributed by atoms with Gasteiger partial charge in [-0.05, 0) is 12.1 Å². The summed E-state index contributed by atoms with van der Waals surface area (Å²) in [5.74, 6) is -3.50. The second-order valence-corrected chi connectivity index (χ2v) is 3.33. The largest absolute Gasteiger partial charge is 0.511 e. The monoisotopic (exact) mass is 249 g/mol. The summed E-state index contributed by atoms with van der Waals surface area (Å²) in [6, 6.07) is 8.49. The van der Waals surface area contributed by atoms with Crippen molar-refractivity contribution in [2.45, 2.75) is 6.42 Å². The molecule has 0 saturated heterocycles. The molecule has 1 aromatic carbocycles. The molecule has 0 aliphatic heterocycles. The van der Waals surface area contributed by atoms with Crippen LogP contribution in [0, 0.1) is 0 Å². The van der Waals surface area contributed by atoms with Crippen LogP contribution in [0.4, 0.5) is 5.69 Å². The van der Waals surface area contributed by atoms with Crippen LogP contribution in [0.15, 0.2) is 46.7 Å². The molecule has 0 aromatic heterocycles. The highest BCUT2D eigenvalue weighted by Gasteiger charge is 2.14. The van der Waals surface area contributed by atoms with E-state index in [0.717, 1.165) is 6.21 Å². The third-order valence-electron chi connectivity index (χ3n) is 1.96. The highest BCUT2D eigenvalue weighted by Crippen LogP contribution is 2.11. The van der Waals surface area contributed by atoms with Gasteiger partial charge in [0, 0.05) is 6.21 Å². The van der Waals surface area contributed by atoms with Gasteiger partial charge in [0.25, 0.3) is 0 Å². The second-order valence-electron chi connectivity index (χ2n) is 3.33. The van der Waals surface area contributed by atoms with E-state index in [4.69, 9.17) is 10.2 Å². The molecule has 6 nitrogen and oxygen atoms in total. The van der Waals surface area contributed by atoms with Crippen LogP contribution < -0.4 is 0 Å². The van der Waals surface area contributed by atoms with Crippen molar-refractivity contribution in [3.05, 3.63) is 41.7 Å². The van der Waals surface area contributed by atoms with Crippen molar-refractivity contribution in [2.24, 2.45) is 4.99 Å². The predicted octanol–water partition coefficient (Wildman–Crippen LogP) is 1.76. The molecule has 0 aliphatic rings. The number of aliphatic imine (C=N–C) groups is 1. The van der Waals surface area contributed by atoms with Gasteiger partial charge in [-0.15, -0.1) is 0 Å². The van der Waals surface area contributed by atoms with Crippen molar-refractivity contribution < 1.29 is 24.9 Å². The number of rotatable bonds is 5. The number of carbonyl (C=O) groups is 2. The van der Waals surface area contributed by atoms with Crippen molar-refractivity contribution in [1.82, 2.24) is 0 Å². The average Bonchev–Trinajstić information content (AvgIpc) is 2.29. The fraction of sp³-hybridized carbons (Fsp3) is 0.0833. The van der Waals surface area contributed by atoms with E-state index < -0.39 is 29.7 Å². The van der Waals surface area contributed by atoms with E-state index in [1.807, 2.05) is 0 Å². The molecule has 0 bridgehead atoms. The first kappa shape index (κ1) is 13.4. The van der Waals surface area contributed by atoms with Crippen molar-refractivity contribution in [2.75, 3.05) is 0 Å². The topological polar surface area (TPSA) is 107 Å². The Morgan fingerprint density at radius 1 is 1.11 bits per heavy atom. The van der Waals surface area contributed by atoms with Crippen LogP contribution in [0.3, 0.4) is 0 Å². The zero-order valence-corrected chi connectivity index (χ0v) is 9.28. The van der Waals surface area contributed by atoms with Gasteiger partial charge in [-0.1, -0.05) is 18.2 Å². The lowest BCUT2D eigenvalue weighted by molar-refractivity contribution is -0.136. The minimum Gasteiger partial charge on any atom is -0.511 e. The summed E-state index contributed by atoms with van der Waals surface area (Å²) in [4.78, 5) is 25.1. The third-order valence-corrected chi connectivity index (χ3v) is 1.96. The Kier molecular flexibility index (Phi) is 4.62. The highest BCUT2D eigenvalue weighted by atomic mass is 16.4.